The average molecular weight is 360 g/mol. The second-order valence-electron chi connectivity index (χ2n) is 4.87. The first-order chi connectivity index (χ1) is 7.71. The zero-order chi connectivity index (χ0) is 16.7. The molecule has 0 bridgehead atoms. The quantitative estimate of drug-likeness (QED) is 0.638. The van der Waals surface area contributed by atoms with Crippen LogP contribution in [0.5, 0.6) is 0 Å². The third-order valence-electron chi connectivity index (χ3n) is 0.303. The molecule has 0 aromatic heterocycles. The molecule has 0 aliphatic rings. The summed E-state index contributed by atoms with van der Waals surface area (Å²) in [5.74, 6) is 0. The molecule has 0 fully saturated rings. The van der Waals surface area contributed by atoms with Gasteiger partial charge in [-0.2, -0.15) is 0 Å². The Balaban J connectivity index is -0.000000219. The molecular weight excluding hydrogens is 336 g/mol. The van der Waals surface area contributed by atoms with Crippen molar-refractivity contribution in [2.75, 3.05) is 46.7 Å². The molecule has 12 heteroatoms. The van der Waals surface area contributed by atoms with Crippen LogP contribution >= 0.6 is 29.7 Å². The summed E-state index contributed by atoms with van der Waals surface area (Å²) in [5.41, 5.74) is 0. The van der Waals surface area contributed by atoms with E-state index < -0.39 is 29.7 Å². The Kier molecular flexibility index (Phi) is 11.6. The minimum Gasteiger partial charge on any atom is -0.345 e. The normalized spacial score (nSPS) is 17.8. The predicted molar refractivity (Wildman–Crippen MR) is 79.6 cm³/mol. The van der Waals surface area contributed by atoms with Gasteiger partial charge in [-0.3, -0.25) is 13.7 Å². The Morgan fingerprint density at radius 2 is 0.737 bits per heavy atom. The summed E-state index contributed by atoms with van der Waals surface area (Å²) in [6.45, 7) is 9.52. The highest BCUT2D eigenvalue weighted by Gasteiger charge is 2.21. The van der Waals surface area contributed by atoms with Gasteiger partial charge in [-0.15, -0.1) is 0 Å². The van der Waals surface area contributed by atoms with Crippen LogP contribution < -0.4 is 0 Å². The fraction of sp³-hybridized carbons (Fsp3) is 1.00. The van der Waals surface area contributed by atoms with E-state index in [1.54, 1.807) is 20.0 Å². The fourth-order valence-electron chi connectivity index (χ4n) is 0.281. The SMILES string of the molecule is CP(=O)(O)OP(C)(=O)O.CP(C)(=O)O.CP(C)(C)=O. The molecule has 0 aromatic carbocycles. The third kappa shape index (κ3) is 115. The van der Waals surface area contributed by atoms with Crippen molar-refractivity contribution < 1.29 is 37.3 Å². The molecule has 3 N–H and O–H groups in total. The van der Waals surface area contributed by atoms with Crippen molar-refractivity contribution in [2.24, 2.45) is 0 Å². The number of hydrogen-bond donors (Lipinski definition) is 3. The standard InChI is InChI=1S/C3H9OP.C2H8O5P2.C2H7O2P/c1-5(2,3)4;1-8(3,4)7-9(2,5)6;1-5(2,3)4/h1-3H3;1-2H3,(H,3,4)(H,5,6);1-2H3,(H,3,4). The molecule has 0 rings (SSSR count). The molecule has 0 saturated carbocycles. The topological polar surface area (TPSA) is 138 Å². The van der Waals surface area contributed by atoms with Gasteiger partial charge in [0, 0.05) is 26.7 Å². The fourth-order valence-corrected chi connectivity index (χ4v) is 2.53. The van der Waals surface area contributed by atoms with Gasteiger partial charge >= 0.3 is 15.2 Å². The van der Waals surface area contributed by atoms with Gasteiger partial charge in [0.1, 0.15) is 0 Å². The Bertz CT molecular complexity index is 364. The molecule has 0 heterocycles. The molecule has 2 atom stereocenters. The zero-order valence-corrected chi connectivity index (χ0v) is 15.7. The Morgan fingerprint density at radius 3 is 0.737 bits per heavy atom. The van der Waals surface area contributed by atoms with Crippen LogP contribution in [0.15, 0.2) is 0 Å². The van der Waals surface area contributed by atoms with E-state index in [0.717, 1.165) is 13.3 Å². The molecule has 0 radical (unpaired) electrons. The Morgan fingerprint density at radius 1 is 0.632 bits per heavy atom. The van der Waals surface area contributed by atoms with Crippen LogP contribution in [0.1, 0.15) is 0 Å². The smallest absolute Gasteiger partial charge is 0.332 e. The minimum absolute atomic E-state index is 0.847. The highest BCUT2D eigenvalue weighted by atomic mass is 31.3. The van der Waals surface area contributed by atoms with E-state index in [2.05, 4.69) is 4.31 Å². The second kappa shape index (κ2) is 8.92. The number of hydrogen-bond acceptors (Lipinski definition) is 5. The van der Waals surface area contributed by atoms with Crippen molar-refractivity contribution in [3.63, 3.8) is 0 Å². The molecule has 0 aromatic rings. The van der Waals surface area contributed by atoms with Crippen LogP contribution in [0.25, 0.3) is 0 Å². The molecule has 0 aliphatic heterocycles. The van der Waals surface area contributed by atoms with Crippen LogP contribution in [-0.2, 0) is 22.6 Å². The van der Waals surface area contributed by atoms with Crippen LogP contribution in [0.2, 0.25) is 0 Å². The van der Waals surface area contributed by atoms with Crippen molar-refractivity contribution in [1.82, 2.24) is 0 Å². The van der Waals surface area contributed by atoms with E-state index in [9.17, 15) is 18.3 Å². The van der Waals surface area contributed by atoms with Crippen LogP contribution in [-0.4, -0.2) is 61.3 Å². The maximum atomic E-state index is 10.2. The molecule has 0 amide bonds. The Hall–Kier alpha value is 0.760. The van der Waals surface area contributed by atoms with E-state index in [1.165, 1.54) is 13.3 Å². The van der Waals surface area contributed by atoms with Crippen molar-refractivity contribution in [3.05, 3.63) is 0 Å². The van der Waals surface area contributed by atoms with Gasteiger partial charge < -0.3 is 19.2 Å². The largest absolute Gasteiger partial charge is 0.345 e. The lowest BCUT2D eigenvalue weighted by atomic mass is 11.9. The van der Waals surface area contributed by atoms with Gasteiger partial charge in [-0.1, -0.05) is 0 Å². The highest BCUT2D eigenvalue weighted by molar-refractivity contribution is 7.65. The average Bonchev–Trinajstić information content (AvgIpc) is 1.63. The van der Waals surface area contributed by atoms with Gasteiger partial charge in [-0.05, 0) is 20.0 Å². The van der Waals surface area contributed by atoms with Crippen molar-refractivity contribution in [2.45, 2.75) is 0 Å². The van der Waals surface area contributed by atoms with E-state index in [1.807, 2.05) is 0 Å². The lowest BCUT2D eigenvalue weighted by Gasteiger charge is -2.07. The molecule has 0 spiro atoms. The monoisotopic (exact) mass is 360 g/mol. The van der Waals surface area contributed by atoms with Gasteiger partial charge in [0.15, 0.2) is 7.37 Å². The lowest BCUT2D eigenvalue weighted by Crippen LogP contribution is -1.83. The molecule has 19 heavy (non-hydrogen) atoms. The molecule has 120 valence electrons. The molecule has 0 saturated heterocycles. The van der Waals surface area contributed by atoms with E-state index in [0.29, 0.717) is 0 Å². The summed E-state index contributed by atoms with van der Waals surface area (Å²) in [7, 11) is -11.9. The third-order valence-corrected chi connectivity index (χ3v) is 2.73. The Labute approximate surface area is 114 Å². The predicted octanol–water partition coefficient (Wildman–Crippen LogP) is 2.39. The first-order valence-electron chi connectivity index (χ1n) is 4.83. The minimum atomic E-state index is -3.80. The summed E-state index contributed by atoms with van der Waals surface area (Å²) in [6, 6.07) is 0. The van der Waals surface area contributed by atoms with Crippen molar-refractivity contribution in [1.29, 1.82) is 0 Å². The summed E-state index contributed by atoms with van der Waals surface area (Å²) in [6.07, 6.45) is 0. The van der Waals surface area contributed by atoms with Crippen LogP contribution in [0, 0.1) is 0 Å². The van der Waals surface area contributed by atoms with Crippen LogP contribution in [0.3, 0.4) is 0 Å². The van der Waals surface area contributed by atoms with Crippen molar-refractivity contribution >= 4 is 29.7 Å². The number of rotatable bonds is 2. The molecule has 2 unspecified atom stereocenters. The summed E-state index contributed by atoms with van der Waals surface area (Å²) in [4.78, 5) is 24.8. The zero-order valence-electron chi connectivity index (χ0n) is 12.2. The summed E-state index contributed by atoms with van der Waals surface area (Å²) < 4.78 is 44.3. The molecular formula is C7H24O8P4. The lowest BCUT2D eigenvalue weighted by molar-refractivity contribution is 0.341. The first-order valence-corrected chi connectivity index (χ1v) is 14.5. The van der Waals surface area contributed by atoms with Gasteiger partial charge in [0.25, 0.3) is 0 Å². The van der Waals surface area contributed by atoms with E-state index in [-0.39, 0.29) is 0 Å². The molecule has 0 aliphatic carbocycles. The van der Waals surface area contributed by atoms with Crippen molar-refractivity contribution in [3.8, 4) is 0 Å². The van der Waals surface area contributed by atoms with E-state index >= 15 is 0 Å². The summed E-state index contributed by atoms with van der Waals surface area (Å²) >= 11 is 0. The maximum Gasteiger partial charge on any atom is 0.332 e. The van der Waals surface area contributed by atoms with Crippen LogP contribution in [0.4, 0.5) is 0 Å². The molecule has 8 nitrogen and oxygen atoms in total. The second-order valence-corrected chi connectivity index (χ2v) is 15.1. The summed E-state index contributed by atoms with van der Waals surface area (Å²) in [5, 5.41) is 0. The highest BCUT2D eigenvalue weighted by Crippen LogP contribution is 2.54. The maximum absolute atomic E-state index is 10.2. The first kappa shape index (κ1) is 24.8. The van der Waals surface area contributed by atoms with E-state index in [4.69, 9.17) is 14.7 Å². The van der Waals surface area contributed by atoms with Gasteiger partial charge in [0.05, 0.1) is 7.14 Å². The van der Waals surface area contributed by atoms with Gasteiger partial charge in [-0.25, -0.2) is 4.31 Å². The van der Waals surface area contributed by atoms with Gasteiger partial charge in [0.2, 0.25) is 0 Å².